The Hall–Kier alpha value is -1.06. The van der Waals surface area contributed by atoms with Crippen LogP contribution in [0.25, 0.3) is 0 Å². The van der Waals surface area contributed by atoms with Gasteiger partial charge in [-0.15, -0.1) is 0 Å². The molecule has 0 spiro atoms. The second-order valence-corrected chi connectivity index (χ2v) is 5.38. The molecule has 19 heavy (non-hydrogen) atoms. The van der Waals surface area contributed by atoms with Crippen molar-refractivity contribution in [1.29, 1.82) is 0 Å². The summed E-state index contributed by atoms with van der Waals surface area (Å²) in [7, 11) is 1.72. The number of benzene rings is 1. The third-order valence-electron chi connectivity index (χ3n) is 3.81. The Morgan fingerprint density at radius 2 is 2.05 bits per heavy atom. The van der Waals surface area contributed by atoms with Gasteiger partial charge in [-0.2, -0.15) is 0 Å². The SMILES string of the molecule is COc1ccc(CNCCCN2CCCC2)cc1C. The van der Waals surface area contributed by atoms with Crippen molar-refractivity contribution < 1.29 is 4.74 Å². The quantitative estimate of drug-likeness (QED) is 0.764. The number of hydrogen-bond acceptors (Lipinski definition) is 3. The first-order valence-corrected chi connectivity index (χ1v) is 7.36. The van der Waals surface area contributed by atoms with Crippen LogP contribution in [0.1, 0.15) is 30.4 Å². The predicted molar refractivity (Wildman–Crippen MR) is 79.7 cm³/mol. The van der Waals surface area contributed by atoms with Crippen LogP contribution < -0.4 is 10.1 Å². The molecule has 3 nitrogen and oxygen atoms in total. The molecule has 1 aliphatic heterocycles. The molecule has 1 aromatic carbocycles. The van der Waals surface area contributed by atoms with Gasteiger partial charge in [0.15, 0.2) is 0 Å². The van der Waals surface area contributed by atoms with E-state index < -0.39 is 0 Å². The molecule has 1 N–H and O–H groups in total. The lowest BCUT2D eigenvalue weighted by Crippen LogP contribution is -2.24. The maximum atomic E-state index is 5.27. The standard InChI is InChI=1S/C16H26N2O/c1-14-12-15(6-7-16(14)19-2)13-17-8-5-11-18-9-3-4-10-18/h6-7,12,17H,3-5,8-11,13H2,1-2H3. The number of methoxy groups -OCH3 is 1. The third kappa shape index (κ3) is 4.51. The Labute approximate surface area is 116 Å². The molecule has 0 atom stereocenters. The van der Waals surface area contributed by atoms with Crippen molar-refractivity contribution >= 4 is 0 Å². The van der Waals surface area contributed by atoms with E-state index in [4.69, 9.17) is 4.74 Å². The van der Waals surface area contributed by atoms with E-state index in [2.05, 4.69) is 35.3 Å². The molecule has 0 radical (unpaired) electrons. The van der Waals surface area contributed by atoms with Gasteiger partial charge in [0, 0.05) is 6.54 Å². The predicted octanol–water partition coefficient (Wildman–Crippen LogP) is 2.58. The average molecular weight is 262 g/mol. The summed E-state index contributed by atoms with van der Waals surface area (Å²) in [6.45, 7) is 7.99. The summed E-state index contributed by atoms with van der Waals surface area (Å²) in [5.41, 5.74) is 2.54. The summed E-state index contributed by atoms with van der Waals surface area (Å²) >= 11 is 0. The molecule has 0 aliphatic carbocycles. The number of ether oxygens (including phenoxy) is 1. The van der Waals surface area contributed by atoms with Gasteiger partial charge < -0.3 is 15.0 Å². The second kappa shape index (κ2) is 7.51. The Bertz CT molecular complexity index is 386. The van der Waals surface area contributed by atoms with Crippen molar-refractivity contribution in [2.45, 2.75) is 32.7 Å². The summed E-state index contributed by atoms with van der Waals surface area (Å²) in [6, 6.07) is 6.39. The van der Waals surface area contributed by atoms with Crippen LogP contribution in [0.4, 0.5) is 0 Å². The maximum absolute atomic E-state index is 5.27. The van der Waals surface area contributed by atoms with Crippen molar-refractivity contribution in [2.24, 2.45) is 0 Å². The maximum Gasteiger partial charge on any atom is 0.121 e. The number of nitrogens with zero attached hydrogens (tertiary/aromatic N) is 1. The van der Waals surface area contributed by atoms with Crippen molar-refractivity contribution in [3.8, 4) is 5.75 Å². The molecule has 0 bridgehead atoms. The fraction of sp³-hybridized carbons (Fsp3) is 0.625. The third-order valence-corrected chi connectivity index (χ3v) is 3.81. The van der Waals surface area contributed by atoms with Crippen LogP contribution in [0.15, 0.2) is 18.2 Å². The normalized spacial score (nSPS) is 15.9. The highest BCUT2D eigenvalue weighted by molar-refractivity contribution is 5.36. The molecule has 0 unspecified atom stereocenters. The van der Waals surface area contributed by atoms with Gasteiger partial charge in [-0.25, -0.2) is 0 Å². The molecule has 1 saturated heterocycles. The summed E-state index contributed by atoms with van der Waals surface area (Å²) in [5, 5.41) is 3.52. The van der Waals surface area contributed by atoms with Crippen LogP contribution in [0, 0.1) is 6.92 Å². The lowest BCUT2D eigenvalue weighted by Gasteiger charge is -2.14. The van der Waals surface area contributed by atoms with Crippen LogP contribution in [0.3, 0.4) is 0 Å². The Kier molecular flexibility index (Phi) is 5.67. The fourth-order valence-corrected chi connectivity index (χ4v) is 2.72. The molecular weight excluding hydrogens is 236 g/mol. The molecular formula is C16H26N2O. The van der Waals surface area contributed by atoms with Crippen LogP contribution in [-0.2, 0) is 6.54 Å². The highest BCUT2D eigenvalue weighted by Crippen LogP contribution is 2.18. The van der Waals surface area contributed by atoms with Gasteiger partial charge in [-0.1, -0.05) is 12.1 Å². The van der Waals surface area contributed by atoms with Gasteiger partial charge >= 0.3 is 0 Å². The van der Waals surface area contributed by atoms with E-state index in [1.54, 1.807) is 7.11 Å². The van der Waals surface area contributed by atoms with Crippen molar-refractivity contribution in [1.82, 2.24) is 10.2 Å². The summed E-state index contributed by atoms with van der Waals surface area (Å²) in [4.78, 5) is 2.57. The lowest BCUT2D eigenvalue weighted by molar-refractivity contribution is 0.331. The van der Waals surface area contributed by atoms with Crippen molar-refractivity contribution in [3.63, 3.8) is 0 Å². The average Bonchev–Trinajstić information content (AvgIpc) is 2.92. The first kappa shape index (κ1) is 14.4. The van der Waals surface area contributed by atoms with Crippen LogP contribution in [-0.4, -0.2) is 38.2 Å². The van der Waals surface area contributed by atoms with Gasteiger partial charge in [0.25, 0.3) is 0 Å². The molecule has 0 amide bonds. The van der Waals surface area contributed by atoms with E-state index in [0.29, 0.717) is 0 Å². The number of aryl methyl sites for hydroxylation is 1. The van der Waals surface area contributed by atoms with E-state index >= 15 is 0 Å². The number of hydrogen-bond donors (Lipinski definition) is 1. The topological polar surface area (TPSA) is 24.5 Å². The largest absolute Gasteiger partial charge is 0.496 e. The van der Waals surface area contributed by atoms with Crippen LogP contribution >= 0.6 is 0 Å². The Morgan fingerprint density at radius 3 is 2.74 bits per heavy atom. The highest BCUT2D eigenvalue weighted by atomic mass is 16.5. The Morgan fingerprint density at radius 1 is 1.26 bits per heavy atom. The van der Waals surface area contributed by atoms with Crippen LogP contribution in [0.2, 0.25) is 0 Å². The molecule has 3 heteroatoms. The first-order chi connectivity index (χ1) is 9.29. The zero-order valence-corrected chi connectivity index (χ0v) is 12.2. The van der Waals surface area contributed by atoms with Gasteiger partial charge in [-0.3, -0.25) is 0 Å². The molecule has 1 heterocycles. The first-order valence-electron chi connectivity index (χ1n) is 7.36. The number of rotatable bonds is 7. The summed E-state index contributed by atoms with van der Waals surface area (Å²) in [6.07, 6.45) is 4.02. The molecule has 0 aromatic heterocycles. The molecule has 1 fully saturated rings. The molecule has 0 saturated carbocycles. The van der Waals surface area contributed by atoms with E-state index in [1.807, 2.05) is 0 Å². The van der Waals surface area contributed by atoms with Gasteiger partial charge in [0.1, 0.15) is 5.75 Å². The fourth-order valence-electron chi connectivity index (χ4n) is 2.72. The Balaban J connectivity index is 1.63. The number of likely N-dealkylation sites (tertiary alicyclic amines) is 1. The minimum absolute atomic E-state index is 0.949. The highest BCUT2D eigenvalue weighted by Gasteiger charge is 2.09. The zero-order valence-electron chi connectivity index (χ0n) is 12.2. The van der Waals surface area contributed by atoms with Crippen molar-refractivity contribution in [3.05, 3.63) is 29.3 Å². The smallest absolute Gasteiger partial charge is 0.121 e. The van der Waals surface area contributed by atoms with E-state index in [1.165, 1.54) is 50.0 Å². The van der Waals surface area contributed by atoms with E-state index in [9.17, 15) is 0 Å². The lowest BCUT2D eigenvalue weighted by atomic mass is 10.1. The van der Waals surface area contributed by atoms with Gasteiger partial charge in [0.2, 0.25) is 0 Å². The monoisotopic (exact) mass is 262 g/mol. The summed E-state index contributed by atoms with van der Waals surface area (Å²) < 4.78 is 5.27. The van der Waals surface area contributed by atoms with E-state index in [-0.39, 0.29) is 0 Å². The minimum Gasteiger partial charge on any atom is -0.496 e. The zero-order chi connectivity index (χ0) is 13.5. The molecule has 1 aliphatic rings. The van der Waals surface area contributed by atoms with Crippen molar-refractivity contribution in [2.75, 3.05) is 33.3 Å². The van der Waals surface area contributed by atoms with Gasteiger partial charge in [-0.05, 0) is 69.6 Å². The molecule has 106 valence electrons. The molecule has 2 rings (SSSR count). The number of nitrogens with one attached hydrogen (secondary N) is 1. The molecule has 1 aromatic rings. The second-order valence-electron chi connectivity index (χ2n) is 5.38. The van der Waals surface area contributed by atoms with Gasteiger partial charge in [0.05, 0.1) is 7.11 Å². The summed E-state index contributed by atoms with van der Waals surface area (Å²) in [5.74, 6) is 0.970. The van der Waals surface area contributed by atoms with Crippen LogP contribution in [0.5, 0.6) is 5.75 Å². The minimum atomic E-state index is 0.949. The van der Waals surface area contributed by atoms with E-state index in [0.717, 1.165) is 18.8 Å².